The van der Waals surface area contributed by atoms with Crippen LogP contribution in [0, 0.1) is 22.7 Å². The minimum atomic E-state index is -0.868. The van der Waals surface area contributed by atoms with E-state index in [0.29, 0.717) is 16.7 Å². The topological polar surface area (TPSA) is 64.7 Å². The number of hydrogen-bond donors (Lipinski definition) is 0. The number of alkyl halides is 1. The molecule has 1 aromatic rings. The van der Waals surface area contributed by atoms with E-state index >= 15 is 0 Å². The van der Waals surface area contributed by atoms with Crippen molar-refractivity contribution >= 4 is 17.4 Å². The number of carbonyl (C=O) groups excluding carboxylic acids is 1. The molecule has 0 aliphatic rings. The summed E-state index contributed by atoms with van der Waals surface area (Å²) >= 11 is 5.84. The standard InChI is InChI=1S/C11H7ClN2O/c1-7(15)11(12)10-4-8(5-13)2-3-9(10)6-14/h2-4,11H,1H3. The fourth-order valence-electron chi connectivity index (χ4n) is 1.16. The van der Waals surface area contributed by atoms with Crippen LogP contribution in [0.15, 0.2) is 18.2 Å². The van der Waals surface area contributed by atoms with Crippen molar-refractivity contribution in [1.29, 1.82) is 10.5 Å². The van der Waals surface area contributed by atoms with Gasteiger partial charge in [-0.25, -0.2) is 0 Å². The van der Waals surface area contributed by atoms with Crippen LogP contribution in [0.2, 0.25) is 0 Å². The molecule has 0 spiro atoms. The molecule has 0 radical (unpaired) electrons. The molecule has 3 nitrogen and oxygen atoms in total. The fraction of sp³-hybridized carbons (Fsp3) is 0.182. The molecule has 15 heavy (non-hydrogen) atoms. The van der Waals surface area contributed by atoms with Gasteiger partial charge in [-0.1, -0.05) is 0 Å². The molecule has 0 N–H and O–H groups in total. The van der Waals surface area contributed by atoms with Gasteiger partial charge in [0.15, 0.2) is 5.78 Å². The summed E-state index contributed by atoms with van der Waals surface area (Å²) in [5, 5.41) is 16.6. The number of nitriles is 2. The lowest BCUT2D eigenvalue weighted by Crippen LogP contribution is -2.04. The molecule has 0 bridgehead atoms. The Kier molecular flexibility index (Phi) is 3.44. The first-order chi connectivity index (χ1) is 7.10. The van der Waals surface area contributed by atoms with Crippen LogP contribution < -0.4 is 0 Å². The summed E-state index contributed by atoms with van der Waals surface area (Å²) in [6.45, 7) is 1.35. The Hall–Kier alpha value is -1.84. The molecule has 0 aliphatic heterocycles. The van der Waals surface area contributed by atoms with Gasteiger partial charge in [-0.15, -0.1) is 11.6 Å². The molecule has 1 atom stereocenters. The van der Waals surface area contributed by atoms with Gasteiger partial charge in [-0.05, 0) is 30.7 Å². The number of hydrogen-bond acceptors (Lipinski definition) is 3. The summed E-state index contributed by atoms with van der Waals surface area (Å²) in [6.07, 6.45) is 0. The summed E-state index contributed by atoms with van der Waals surface area (Å²) < 4.78 is 0. The van der Waals surface area contributed by atoms with Crippen molar-refractivity contribution in [3.05, 3.63) is 34.9 Å². The van der Waals surface area contributed by atoms with Crippen molar-refractivity contribution in [2.75, 3.05) is 0 Å². The Morgan fingerprint density at radius 3 is 2.53 bits per heavy atom. The summed E-state index contributed by atoms with van der Waals surface area (Å²) in [6, 6.07) is 8.35. The minimum absolute atomic E-state index is 0.247. The predicted molar refractivity (Wildman–Crippen MR) is 55.1 cm³/mol. The fourth-order valence-corrected chi connectivity index (χ4v) is 1.34. The number of rotatable bonds is 2. The monoisotopic (exact) mass is 218 g/mol. The lowest BCUT2D eigenvalue weighted by molar-refractivity contribution is -0.116. The smallest absolute Gasteiger partial charge is 0.152 e. The normalized spacial score (nSPS) is 11.2. The van der Waals surface area contributed by atoms with E-state index in [0.717, 1.165) is 0 Å². The largest absolute Gasteiger partial charge is 0.298 e. The molecule has 0 saturated heterocycles. The van der Waals surface area contributed by atoms with Gasteiger partial charge in [0.2, 0.25) is 0 Å². The summed E-state index contributed by atoms with van der Waals surface area (Å²) in [4.78, 5) is 11.1. The minimum Gasteiger partial charge on any atom is -0.298 e. The van der Waals surface area contributed by atoms with Gasteiger partial charge in [0, 0.05) is 0 Å². The van der Waals surface area contributed by atoms with Crippen molar-refractivity contribution in [1.82, 2.24) is 0 Å². The van der Waals surface area contributed by atoms with Gasteiger partial charge in [-0.2, -0.15) is 10.5 Å². The molecule has 1 rings (SSSR count). The van der Waals surface area contributed by atoms with E-state index in [1.165, 1.54) is 25.1 Å². The Balaban J connectivity index is 3.32. The van der Waals surface area contributed by atoms with Crippen LogP contribution in [-0.2, 0) is 4.79 Å². The number of ketones is 1. The van der Waals surface area contributed by atoms with Gasteiger partial charge in [0.25, 0.3) is 0 Å². The van der Waals surface area contributed by atoms with E-state index in [4.69, 9.17) is 22.1 Å². The van der Waals surface area contributed by atoms with Crippen LogP contribution in [0.3, 0.4) is 0 Å². The molecule has 0 aromatic heterocycles. The SMILES string of the molecule is CC(=O)C(Cl)c1cc(C#N)ccc1C#N. The van der Waals surface area contributed by atoms with Crippen LogP contribution in [-0.4, -0.2) is 5.78 Å². The lowest BCUT2D eigenvalue weighted by Gasteiger charge is -2.07. The highest BCUT2D eigenvalue weighted by molar-refractivity contribution is 6.31. The van der Waals surface area contributed by atoms with E-state index in [2.05, 4.69) is 0 Å². The highest BCUT2D eigenvalue weighted by Crippen LogP contribution is 2.25. The molecule has 0 heterocycles. The zero-order valence-electron chi connectivity index (χ0n) is 7.99. The first-order valence-corrected chi connectivity index (χ1v) is 4.62. The quantitative estimate of drug-likeness (QED) is 0.716. The van der Waals surface area contributed by atoms with Gasteiger partial charge >= 0.3 is 0 Å². The Bertz CT molecular complexity index is 482. The van der Waals surface area contributed by atoms with Crippen molar-refractivity contribution in [3.63, 3.8) is 0 Å². The molecule has 0 fully saturated rings. The molecular formula is C11H7ClN2O. The average molecular weight is 219 g/mol. The van der Waals surface area contributed by atoms with Crippen LogP contribution >= 0.6 is 11.6 Å². The van der Waals surface area contributed by atoms with Crippen molar-refractivity contribution in [3.8, 4) is 12.1 Å². The molecule has 4 heteroatoms. The third kappa shape index (κ3) is 2.34. The van der Waals surface area contributed by atoms with Gasteiger partial charge in [0.1, 0.15) is 5.38 Å². The van der Waals surface area contributed by atoms with Crippen LogP contribution in [0.4, 0.5) is 0 Å². The third-order valence-corrected chi connectivity index (χ3v) is 2.47. The maximum absolute atomic E-state index is 11.1. The van der Waals surface area contributed by atoms with Crippen LogP contribution in [0.1, 0.15) is 29.0 Å². The predicted octanol–water partition coefficient (Wildman–Crippen LogP) is 2.30. The Morgan fingerprint density at radius 2 is 2.07 bits per heavy atom. The highest BCUT2D eigenvalue weighted by Gasteiger charge is 2.17. The van der Waals surface area contributed by atoms with Crippen LogP contribution in [0.5, 0.6) is 0 Å². The molecule has 0 amide bonds. The van der Waals surface area contributed by atoms with E-state index < -0.39 is 5.38 Å². The Labute approximate surface area is 92.5 Å². The molecular weight excluding hydrogens is 212 g/mol. The van der Waals surface area contributed by atoms with E-state index in [1.807, 2.05) is 12.1 Å². The zero-order chi connectivity index (χ0) is 11.4. The molecule has 74 valence electrons. The number of Topliss-reactive ketones (excluding diaryl/α,β-unsaturated/α-hetero) is 1. The maximum atomic E-state index is 11.1. The van der Waals surface area contributed by atoms with Gasteiger partial charge in [0.05, 0.1) is 23.3 Å². The highest BCUT2D eigenvalue weighted by atomic mass is 35.5. The first kappa shape index (κ1) is 11.2. The third-order valence-electron chi connectivity index (χ3n) is 1.93. The van der Waals surface area contributed by atoms with E-state index in [1.54, 1.807) is 0 Å². The van der Waals surface area contributed by atoms with Crippen molar-refractivity contribution in [2.45, 2.75) is 12.3 Å². The number of nitrogens with zero attached hydrogens (tertiary/aromatic N) is 2. The molecule has 1 unspecified atom stereocenters. The van der Waals surface area contributed by atoms with Crippen LogP contribution in [0.25, 0.3) is 0 Å². The first-order valence-electron chi connectivity index (χ1n) is 4.18. The second-order valence-electron chi connectivity index (χ2n) is 3.00. The van der Waals surface area contributed by atoms with Gasteiger partial charge in [-0.3, -0.25) is 4.79 Å². The van der Waals surface area contributed by atoms with Crippen molar-refractivity contribution in [2.24, 2.45) is 0 Å². The summed E-state index contributed by atoms with van der Waals surface area (Å²) in [5.41, 5.74) is 1.10. The summed E-state index contributed by atoms with van der Waals surface area (Å²) in [7, 11) is 0. The van der Waals surface area contributed by atoms with Crippen molar-refractivity contribution < 1.29 is 4.79 Å². The number of benzene rings is 1. The number of halogens is 1. The van der Waals surface area contributed by atoms with E-state index in [-0.39, 0.29) is 5.78 Å². The molecule has 0 saturated carbocycles. The summed E-state index contributed by atoms with van der Waals surface area (Å²) in [5.74, 6) is -0.247. The van der Waals surface area contributed by atoms with Gasteiger partial charge < -0.3 is 0 Å². The average Bonchev–Trinajstić information content (AvgIpc) is 2.27. The second kappa shape index (κ2) is 4.59. The zero-order valence-corrected chi connectivity index (χ0v) is 8.75. The molecule has 1 aromatic carbocycles. The molecule has 0 aliphatic carbocycles. The Morgan fingerprint density at radius 1 is 1.40 bits per heavy atom. The number of carbonyl (C=O) groups is 1. The lowest BCUT2D eigenvalue weighted by atomic mass is 10.0. The second-order valence-corrected chi connectivity index (χ2v) is 3.44. The van der Waals surface area contributed by atoms with E-state index in [9.17, 15) is 4.79 Å². The maximum Gasteiger partial charge on any atom is 0.152 e.